The Balaban J connectivity index is 1.19. The fourth-order valence-electron chi connectivity index (χ4n) is 3.73. The van der Waals surface area contributed by atoms with Gasteiger partial charge >= 0.3 is 5.91 Å². The fraction of sp³-hybridized carbons (Fsp3) is 0.364. The molecule has 3 aromatic rings. The molecule has 0 spiro atoms. The number of carbonyl (C=O) groups is 1. The van der Waals surface area contributed by atoms with E-state index in [4.69, 9.17) is 4.42 Å². The first-order valence-corrected chi connectivity index (χ1v) is 9.68. The summed E-state index contributed by atoms with van der Waals surface area (Å²) in [4.78, 5) is 18.9. The van der Waals surface area contributed by atoms with Crippen molar-refractivity contribution in [2.24, 2.45) is 5.92 Å². The zero-order valence-corrected chi connectivity index (χ0v) is 15.4. The molecule has 27 heavy (non-hydrogen) atoms. The van der Waals surface area contributed by atoms with Crippen LogP contribution in [0.1, 0.15) is 29.1 Å². The van der Waals surface area contributed by atoms with Crippen molar-refractivity contribution >= 4 is 17.0 Å². The van der Waals surface area contributed by atoms with E-state index in [0.29, 0.717) is 17.6 Å². The highest BCUT2D eigenvalue weighted by atomic mass is 16.4. The molecule has 140 valence electrons. The quantitative estimate of drug-likeness (QED) is 0.728. The number of hydrogen-bond donors (Lipinski definition) is 1. The molecule has 2 heterocycles. The minimum atomic E-state index is -0.245. The van der Waals surface area contributed by atoms with Gasteiger partial charge in [-0.2, -0.15) is 0 Å². The van der Waals surface area contributed by atoms with E-state index in [1.54, 1.807) is 0 Å². The maximum Gasteiger partial charge on any atom is 0.307 e. The second-order valence-electron chi connectivity index (χ2n) is 7.22. The van der Waals surface area contributed by atoms with Gasteiger partial charge in [-0.25, -0.2) is 4.98 Å². The van der Waals surface area contributed by atoms with Crippen LogP contribution in [-0.2, 0) is 6.42 Å². The highest BCUT2D eigenvalue weighted by Crippen LogP contribution is 2.21. The normalized spacial score (nSPS) is 15.9. The Bertz CT molecular complexity index is 850. The number of carbonyl (C=O) groups excluding carboxylic acids is 1. The smallest absolute Gasteiger partial charge is 0.307 e. The van der Waals surface area contributed by atoms with Crippen LogP contribution >= 0.6 is 0 Å². The molecule has 4 rings (SSSR count). The van der Waals surface area contributed by atoms with Crippen LogP contribution in [0.15, 0.2) is 59.0 Å². The van der Waals surface area contributed by atoms with Crippen molar-refractivity contribution in [3.05, 3.63) is 66.1 Å². The summed E-state index contributed by atoms with van der Waals surface area (Å²) in [6, 6.07) is 18.1. The predicted octanol–water partition coefficient (Wildman–Crippen LogP) is 3.51. The number of para-hydroxylation sites is 2. The lowest BCUT2D eigenvalue weighted by molar-refractivity contribution is 0.0911. The number of likely N-dealkylation sites (tertiary alicyclic amines) is 1. The first-order chi connectivity index (χ1) is 13.3. The van der Waals surface area contributed by atoms with E-state index in [2.05, 4.69) is 45.5 Å². The Morgan fingerprint density at radius 1 is 1.07 bits per heavy atom. The van der Waals surface area contributed by atoms with E-state index in [1.807, 2.05) is 24.3 Å². The SMILES string of the molecule is O=C(NCCN1CCC(Cc2ccccc2)CC1)c1nc2ccccc2o1. The minimum Gasteiger partial charge on any atom is -0.432 e. The molecule has 1 aliphatic rings. The molecular weight excluding hydrogens is 338 g/mol. The molecule has 5 heteroatoms. The van der Waals surface area contributed by atoms with E-state index >= 15 is 0 Å². The third-order valence-corrected chi connectivity index (χ3v) is 5.28. The number of fused-ring (bicyclic) bond motifs is 1. The maximum absolute atomic E-state index is 12.2. The van der Waals surface area contributed by atoms with Crippen molar-refractivity contribution in [3.8, 4) is 0 Å². The summed E-state index contributed by atoms with van der Waals surface area (Å²) in [7, 11) is 0. The topological polar surface area (TPSA) is 58.4 Å². The molecule has 1 aromatic heterocycles. The van der Waals surface area contributed by atoms with Crippen molar-refractivity contribution in [2.45, 2.75) is 19.3 Å². The van der Waals surface area contributed by atoms with Crippen molar-refractivity contribution in [1.82, 2.24) is 15.2 Å². The Morgan fingerprint density at radius 3 is 2.59 bits per heavy atom. The van der Waals surface area contributed by atoms with Crippen LogP contribution in [0, 0.1) is 5.92 Å². The van der Waals surface area contributed by atoms with Crippen LogP contribution in [0.25, 0.3) is 11.1 Å². The van der Waals surface area contributed by atoms with Gasteiger partial charge in [0.2, 0.25) is 0 Å². The van der Waals surface area contributed by atoms with Gasteiger partial charge in [-0.1, -0.05) is 42.5 Å². The number of amides is 1. The molecule has 0 unspecified atom stereocenters. The lowest BCUT2D eigenvalue weighted by Gasteiger charge is -2.32. The van der Waals surface area contributed by atoms with Crippen molar-refractivity contribution in [3.63, 3.8) is 0 Å². The Hall–Kier alpha value is -2.66. The number of aromatic nitrogens is 1. The first kappa shape index (κ1) is 17.7. The number of oxazole rings is 1. The van der Waals surface area contributed by atoms with E-state index in [9.17, 15) is 4.79 Å². The van der Waals surface area contributed by atoms with Gasteiger partial charge in [-0.05, 0) is 56.0 Å². The third kappa shape index (κ3) is 4.55. The monoisotopic (exact) mass is 363 g/mol. The van der Waals surface area contributed by atoms with Gasteiger partial charge in [-0.15, -0.1) is 0 Å². The third-order valence-electron chi connectivity index (χ3n) is 5.28. The number of rotatable bonds is 6. The second kappa shape index (κ2) is 8.35. The van der Waals surface area contributed by atoms with Gasteiger partial charge in [0, 0.05) is 13.1 Å². The molecule has 0 radical (unpaired) electrons. The molecule has 1 saturated heterocycles. The summed E-state index contributed by atoms with van der Waals surface area (Å²) in [5.74, 6) is 0.654. The van der Waals surface area contributed by atoms with Gasteiger partial charge in [0.1, 0.15) is 5.52 Å². The lowest BCUT2D eigenvalue weighted by atomic mass is 9.90. The number of hydrogen-bond acceptors (Lipinski definition) is 4. The number of piperidine rings is 1. The van der Waals surface area contributed by atoms with Gasteiger partial charge < -0.3 is 14.6 Å². The highest BCUT2D eigenvalue weighted by molar-refractivity contribution is 5.92. The first-order valence-electron chi connectivity index (χ1n) is 9.68. The lowest BCUT2D eigenvalue weighted by Crippen LogP contribution is -2.40. The van der Waals surface area contributed by atoms with Crippen LogP contribution in [0.4, 0.5) is 0 Å². The van der Waals surface area contributed by atoms with E-state index < -0.39 is 0 Å². The molecule has 0 aliphatic carbocycles. The zero-order chi connectivity index (χ0) is 18.5. The Labute approximate surface area is 159 Å². The second-order valence-corrected chi connectivity index (χ2v) is 7.22. The molecule has 2 aromatic carbocycles. The molecule has 1 amide bonds. The van der Waals surface area contributed by atoms with E-state index in [1.165, 1.54) is 24.8 Å². The molecule has 0 bridgehead atoms. The van der Waals surface area contributed by atoms with Gasteiger partial charge in [0.25, 0.3) is 5.89 Å². The number of benzene rings is 2. The maximum atomic E-state index is 12.2. The van der Waals surface area contributed by atoms with E-state index in [0.717, 1.165) is 25.6 Å². The van der Waals surface area contributed by atoms with Crippen LogP contribution in [0.2, 0.25) is 0 Å². The number of nitrogens with one attached hydrogen (secondary N) is 1. The van der Waals surface area contributed by atoms with Gasteiger partial charge in [0.15, 0.2) is 5.58 Å². The van der Waals surface area contributed by atoms with Crippen molar-refractivity contribution < 1.29 is 9.21 Å². The van der Waals surface area contributed by atoms with Gasteiger partial charge in [-0.3, -0.25) is 4.79 Å². The van der Waals surface area contributed by atoms with E-state index in [-0.39, 0.29) is 11.8 Å². The van der Waals surface area contributed by atoms with Crippen LogP contribution < -0.4 is 5.32 Å². The molecule has 1 fully saturated rings. The average Bonchev–Trinajstić information content (AvgIpc) is 3.14. The molecular formula is C22H25N3O2. The average molecular weight is 363 g/mol. The van der Waals surface area contributed by atoms with Crippen LogP contribution in [0.3, 0.4) is 0 Å². The Morgan fingerprint density at radius 2 is 1.81 bits per heavy atom. The molecule has 1 N–H and O–H groups in total. The number of nitrogens with zero attached hydrogens (tertiary/aromatic N) is 2. The largest absolute Gasteiger partial charge is 0.432 e. The predicted molar refractivity (Wildman–Crippen MR) is 106 cm³/mol. The van der Waals surface area contributed by atoms with Gasteiger partial charge in [0.05, 0.1) is 0 Å². The standard InChI is InChI=1S/C22H25N3O2/c26-21(22-24-19-8-4-5-9-20(19)27-22)23-12-15-25-13-10-18(11-14-25)16-17-6-2-1-3-7-17/h1-9,18H,10-16H2,(H,23,26). The Kier molecular flexibility index (Phi) is 5.49. The van der Waals surface area contributed by atoms with Crippen molar-refractivity contribution in [2.75, 3.05) is 26.2 Å². The summed E-state index contributed by atoms with van der Waals surface area (Å²) in [5, 5.41) is 2.92. The van der Waals surface area contributed by atoms with Crippen LogP contribution in [-0.4, -0.2) is 42.0 Å². The fourth-order valence-corrected chi connectivity index (χ4v) is 3.73. The summed E-state index contributed by atoms with van der Waals surface area (Å²) >= 11 is 0. The minimum absolute atomic E-state index is 0.137. The highest BCUT2D eigenvalue weighted by Gasteiger charge is 2.20. The summed E-state index contributed by atoms with van der Waals surface area (Å²) in [5.41, 5.74) is 2.79. The van der Waals surface area contributed by atoms with Crippen LogP contribution in [0.5, 0.6) is 0 Å². The molecule has 0 saturated carbocycles. The van der Waals surface area contributed by atoms with Crippen molar-refractivity contribution in [1.29, 1.82) is 0 Å². The summed E-state index contributed by atoms with van der Waals surface area (Å²) < 4.78 is 5.51. The zero-order valence-electron chi connectivity index (χ0n) is 15.4. The molecule has 5 nitrogen and oxygen atoms in total. The summed E-state index contributed by atoms with van der Waals surface area (Å²) in [6.45, 7) is 3.66. The molecule has 0 atom stereocenters. The summed E-state index contributed by atoms with van der Waals surface area (Å²) in [6.07, 6.45) is 3.60. The molecule has 1 aliphatic heterocycles.